The fourth-order valence-electron chi connectivity index (χ4n) is 1.93. The molecule has 7 heteroatoms. The molecule has 0 radical (unpaired) electrons. The third-order valence-corrected chi connectivity index (χ3v) is 3.02. The number of rotatable bonds is 5. The molecular weight excluding hydrogens is 272 g/mol. The average molecular weight is 288 g/mol. The zero-order valence-electron chi connectivity index (χ0n) is 11.8. The van der Waals surface area contributed by atoms with Crippen molar-refractivity contribution in [3.05, 3.63) is 47.8 Å². The van der Waals surface area contributed by atoms with Crippen molar-refractivity contribution in [3.8, 4) is 0 Å². The number of nitrogens with one attached hydrogen (secondary N) is 1. The first-order valence-electron chi connectivity index (χ1n) is 6.47. The van der Waals surface area contributed by atoms with E-state index in [9.17, 15) is 9.59 Å². The Labute approximate surface area is 121 Å². The van der Waals surface area contributed by atoms with Crippen molar-refractivity contribution in [1.29, 1.82) is 0 Å². The van der Waals surface area contributed by atoms with Gasteiger partial charge in [-0.05, 0) is 25.5 Å². The number of aromatic carboxylic acids is 1. The third kappa shape index (κ3) is 3.25. The summed E-state index contributed by atoms with van der Waals surface area (Å²) < 4.78 is 0. The summed E-state index contributed by atoms with van der Waals surface area (Å²) in [4.78, 5) is 35.5. The lowest BCUT2D eigenvalue weighted by molar-refractivity contribution is 0.0643. The monoisotopic (exact) mass is 288 g/mol. The van der Waals surface area contributed by atoms with Gasteiger partial charge in [-0.3, -0.25) is 9.78 Å². The van der Waals surface area contributed by atoms with Crippen LogP contribution in [0.3, 0.4) is 0 Å². The molecule has 0 unspecified atom stereocenters. The van der Waals surface area contributed by atoms with Gasteiger partial charge in [0.15, 0.2) is 11.4 Å². The molecule has 2 N–H and O–H groups in total. The second kappa shape index (κ2) is 6.17. The number of hydrogen-bond donors (Lipinski definition) is 2. The summed E-state index contributed by atoms with van der Waals surface area (Å²) in [5.41, 5.74) is 0.587. The van der Waals surface area contributed by atoms with Crippen molar-refractivity contribution < 1.29 is 14.7 Å². The fourth-order valence-corrected chi connectivity index (χ4v) is 1.93. The number of aromatic nitrogens is 3. The Hall–Kier alpha value is -2.70. The van der Waals surface area contributed by atoms with Crippen molar-refractivity contribution >= 4 is 11.9 Å². The SMILES string of the molecule is CC(C)N(Cc1cccnc1)C(=O)c1nc[nH]c1C(=O)O. The largest absolute Gasteiger partial charge is 0.477 e. The maximum absolute atomic E-state index is 12.5. The predicted octanol–water partition coefficient (Wildman–Crippen LogP) is 1.55. The molecule has 2 heterocycles. The molecule has 0 saturated carbocycles. The van der Waals surface area contributed by atoms with E-state index in [0.717, 1.165) is 5.56 Å². The number of nitrogens with zero attached hydrogens (tertiary/aromatic N) is 3. The lowest BCUT2D eigenvalue weighted by Gasteiger charge is -2.26. The van der Waals surface area contributed by atoms with E-state index in [1.807, 2.05) is 19.9 Å². The maximum Gasteiger partial charge on any atom is 0.354 e. The van der Waals surface area contributed by atoms with Gasteiger partial charge in [0.2, 0.25) is 0 Å². The van der Waals surface area contributed by atoms with Gasteiger partial charge in [0.25, 0.3) is 5.91 Å². The Balaban J connectivity index is 2.28. The highest BCUT2D eigenvalue weighted by molar-refractivity contribution is 6.02. The quantitative estimate of drug-likeness (QED) is 0.869. The Morgan fingerprint density at radius 1 is 1.43 bits per heavy atom. The number of H-pyrrole nitrogens is 1. The Bertz CT molecular complexity index is 637. The topological polar surface area (TPSA) is 99.2 Å². The normalized spacial score (nSPS) is 10.6. The van der Waals surface area contributed by atoms with E-state index in [4.69, 9.17) is 5.11 Å². The number of carbonyl (C=O) groups excluding carboxylic acids is 1. The number of imidazole rings is 1. The first-order valence-corrected chi connectivity index (χ1v) is 6.47. The van der Waals surface area contributed by atoms with Gasteiger partial charge < -0.3 is 15.0 Å². The molecule has 2 aromatic rings. The summed E-state index contributed by atoms with van der Waals surface area (Å²) in [6, 6.07) is 3.55. The molecule has 2 rings (SSSR count). The molecule has 0 fully saturated rings. The maximum atomic E-state index is 12.5. The van der Waals surface area contributed by atoms with Gasteiger partial charge in [0, 0.05) is 25.0 Å². The van der Waals surface area contributed by atoms with Crippen LogP contribution in [-0.4, -0.2) is 42.9 Å². The summed E-state index contributed by atoms with van der Waals surface area (Å²) >= 11 is 0. The van der Waals surface area contributed by atoms with Crippen LogP contribution in [-0.2, 0) is 6.54 Å². The zero-order chi connectivity index (χ0) is 15.4. The minimum Gasteiger partial charge on any atom is -0.477 e. The first-order chi connectivity index (χ1) is 10.0. The van der Waals surface area contributed by atoms with Crippen LogP contribution in [0.1, 0.15) is 40.4 Å². The van der Waals surface area contributed by atoms with E-state index < -0.39 is 11.9 Å². The molecule has 0 aliphatic heterocycles. The Kier molecular flexibility index (Phi) is 4.32. The molecule has 0 spiro atoms. The second-order valence-electron chi connectivity index (χ2n) is 4.82. The Morgan fingerprint density at radius 3 is 2.76 bits per heavy atom. The van der Waals surface area contributed by atoms with Gasteiger partial charge in [-0.1, -0.05) is 6.07 Å². The average Bonchev–Trinajstić information content (AvgIpc) is 2.94. The number of carbonyl (C=O) groups is 2. The van der Waals surface area contributed by atoms with Gasteiger partial charge >= 0.3 is 5.97 Å². The van der Waals surface area contributed by atoms with Crippen LogP contribution in [0.25, 0.3) is 0 Å². The summed E-state index contributed by atoms with van der Waals surface area (Å²) in [5, 5.41) is 9.06. The molecule has 21 heavy (non-hydrogen) atoms. The molecule has 7 nitrogen and oxygen atoms in total. The van der Waals surface area contributed by atoms with E-state index in [1.54, 1.807) is 23.4 Å². The van der Waals surface area contributed by atoms with E-state index in [2.05, 4.69) is 15.0 Å². The van der Waals surface area contributed by atoms with Crippen LogP contribution < -0.4 is 0 Å². The lowest BCUT2D eigenvalue weighted by Crippen LogP contribution is -2.37. The molecule has 0 aliphatic carbocycles. The van der Waals surface area contributed by atoms with Crippen LogP contribution in [0.2, 0.25) is 0 Å². The van der Waals surface area contributed by atoms with Crippen LogP contribution >= 0.6 is 0 Å². The molecular formula is C14H16N4O3. The minimum absolute atomic E-state index is 0.0832. The minimum atomic E-state index is -1.21. The molecule has 0 bridgehead atoms. The van der Waals surface area contributed by atoms with Crippen LogP contribution in [0, 0.1) is 0 Å². The highest BCUT2D eigenvalue weighted by Gasteiger charge is 2.26. The van der Waals surface area contributed by atoms with Crippen LogP contribution in [0.4, 0.5) is 0 Å². The molecule has 0 aliphatic rings. The molecule has 2 aromatic heterocycles. The summed E-state index contributed by atoms with van der Waals surface area (Å²) in [6.45, 7) is 4.07. The van der Waals surface area contributed by atoms with Gasteiger partial charge in [-0.2, -0.15) is 0 Å². The van der Waals surface area contributed by atoms with E-state index >= 15 is 0 Å². The number of pyridine rings is 1. The predicted molar refractivity (Wildman–Crippen MR) is 74.8 cm³/mol. The second-order valence-corrected chi connectivity index (χ2v) is 4.82. The molecule has 0 saturated heterocycles. The molecule has 0 atom stereocenters. The number of carboxylic acids is 1. The first kappa shape index (κ1) is 14.7. The third-order valence-electron chi connectivity index (χ3n) is 3.02. The Morgan fingerprint density at radius 2 is 2.19 bits per heavy atom. The number of amides is 1. The summed E-state index contributed by atoms with van der Waals surface area (Å²) in [7, 11) is 0. The molecule has 110 valence electrons. The fraction of sp³-hybridized carbons (Fsp3) is 0.286. The molecule has 1 amide bonds. The molecule has 0 aromatic carbocycles. The van der Waals surface area contributed by atoms with E-state index in [0.29, 0.717) is 6.54 Å². The van der Waals surface area contributed by atoms with Gasteiger partial charge in [-0.15, -0.1) is 0 Å². The summed E-state index contributed by atoms with van der Waals surface area (Å²) in [6.07, 6.45) is 4.53. The van der Waals surface area contributed by atoms with Crippen molar-refractivity contribution in [2.24, 2.45) is 0 Å². The number of carboxylic acid groups (broad SMARTS) is 1. The van der Waals surface area contributed by atoms with Crippen molar-refractivity contribution in [2.75, 3.05) is 0 Å². The number of aromatic amines is 1. The smallest absolute Gasteiger partial charge is 0.354 e. The van der Waals surface area contributed by atoms with Crippen molar-refractivity contribution in [2.45, 2.75) is 26.4 Å². The van der Waals surface area contributed by atoms with Crippen molar-refractivity contribution in [3.63, 3.8) is 0 Å². The van der Waals surface area contributed by atoms with E-state index in [1.165, 1.54) is 6.33 Å². The van der Waals surface area contributed by atoms with Crippen LogP contribution in [0.5, 0.6) is 0 Å². The zero-order valence-corrected chi connectivity index (χ0v) is 11.8. The van der Waals surface area contributed by atoms with Crippen LogP contribution in [0.15, 0.2) is 30.9 Å². The number of hydrogen-bond acceptors (Lipinski definition) is 4. The highest BCUT2D eigenvalue weighted by atomic mass is 16.4. The summed E-state index contributed by atoms with van der Waals surface area (Å²) in [5.74, 6) is -1.63. The lowest BCUT2D eigenvalue weighted by atomic mass is 10.2. The highest BCUT2D eigenvalue weighted by Crippen LogP contribution is 2.14. The standard InChI is InChI=1S/C14H16N4O3/c1-9(2)18(7-10-4-3-5-15-6-10)13(19)11-12(14(20)21)17-8-16-11/h3-6,8-9H,7H2,1-2H3,(H,16,17)(H,20,21). The van der Waals surface area contributed by atoms with Gasteiger partial charge in [0.05, 0.1) is 6.33 Å². The van der Waals surface area contributed by atoms with Gasteiger partial charge in [0.1, 0.15) is 0 Å². The van der Waals surface area contributed by atoms with Crippen molar-refractivity contribution in [1.82, 2.24) is 19.9 Å². The van der Waals surface area contributed by atoms with E-state index in [-0.39, 0.29) is 17.4 Å². The van der Waals surface area contributed by atoms with Gasteiger partial charge in [-0.25, -0.2) is 9.78 Å².